The molecule has 2 amide bonds. The molecule has 1 saturated heterocycles. The zero-order chi connectivity index (χ0) is 23.8. The molecule has 0 saturated carbocycles. The van der Waals surface area contributed by atoms with Crippen molar-refractivity contribution >= 4 is 29.2 Å². The molecule has 1 atom stereocenters. The molecule has 1 fully saturated rings. The highest BCUT2D eigenvalue weighted by molar-refractivity contribution is 6.33. The number of carbonyl (C=O) groups excluding carboxylic acids is 2. The van der Waals surface area contributed by atoms with Gasteiger partial charge in [-0.25, -0.2) is 13.8 Å². The van der Waals surface area contributed by atoms with E-state index in [0.717, 1.165) is 10.5 Å². The molecule has 1 aliphatic rings. The van der Waals surface area contributed by atoms with E-state index in [2.05, 4.69) is 4.98 Å². The predicted molar refractivity (Wildman–Crippen MR) is 123 cm³/mol. The number of benzene rings is 1. The minimum Gasteiger partial charge on any atom is -0.382 e. The summed E-state index contributed by atoms with van der Waals surface area (Å²) in [5.41, 5.74) is 7.48. The van der Waals surface area contributed by atoms with Crippen LogP contribution in [-0.4, -0.2) is 58.7 Å². The minimum absolute atomic E-state index is 0.0896. The fraction of sp³-hybridized carbons (Fsp3) is 0.435. The highest BCUT2D eigenvalue weighted by Gasteiger charge is 2.37. The lowest BCUT2D eigenvalue weighted by molar-refractivity contribution is -0.142. The van der Waals surface area contributed by atoms with Crippen LogP contribution in [0.4, 0.5) is 14.6 Å². The lowest BCUT2D eigenvalue weighted by Crippen LogP contribution is -2.59. The highest BCUT2D eigenvalue weighted by Crippen LogP contribution is 2.27. The van der Waals surface area contributed by atoms with E-state index in [1.165, 1.54) is 4.90 Å². The molecule has 1 unspecified atom stereocenters. The number of carbonyl (C=O) groups is 2. The Balaban J connectivity index is 0.00000176. The molecule has 0 radical (unpaired) electrons. The number of halogens is 3. The van der Waals surface area contributed by atoms with Crippen molar-refractivity contribution in [3.63, 3.8) is 0 Å². The second-order valence-corrected chi connectivity index (χ2v) is 7.56. The SMILES string of the molecule is CC.CCCC1C(=O)N(CC(F)F)CCN1C(=O)c1cccc(-c2cnc(N)c(Cl)c2)c1. The third kappa shape index (κ3) is 5.94. The molecule has 2 aromatic rings. The number of pyridine rings is 1. The van der Waals surface area contributed by atoms with Crippen LogP contribution in [0.15, 0.2) is 36.5 Å². The first-order chi connectivity index (χ1) is 15.3. The van der Waals surface area contributed by atoms with Crippen molar-refractivity contribution in [1.29, 1.82) is 0 Å². The molecule has 2 N–H and O–H groups in total. The lowest BCUT2D eigenvalue weighted by Gasteiger charge is -2.40. The molecule has 0 bridgehead atoms. The molecule has 2 heterocycles. The first-order valence-electron chi connectivity index (χ1n) is 10.7. The second-order valence-electron chi connectivity index (χ2n) is 7.15. The number of aromatic nitrogens is 1. The molecule has 1 aromatic heterocycles. The van der Waals surface area contributed by atoms with E-state index >= 15 is 0 Å². The van der Waals surface area contributed by atoms with Crippen LogP contribution in [0.3, 0.4) is 0 Å². The van der Waals surface area contributed by atoms with Gasteiger partial charge in [0.1, 0.15) is 11.9 Å². The van der Waals surface area contributed by atoms with Crippen molar-refractivity contribution in [3.05, 3.63) is 47.1 Å². The van der Waals surface area contributed by atoms with Gasteiger partial charge in [-0.15, -0.1) is 0 Å². The Morgan fingerprint density at radius 2 is 1.97 bits per heavy atom. The molecule has 0 aliphatic carbocycles. The van der Waals surface area contributed by atoms with Gasteiger partial charge in [-0.1, -0.05) is 50.9 Å². The molecule has 3 rings (SSSR count). The highest BCUT2D eigenvalue weighted by atomic mass is 35.5. The van der Waals surface area contributed by atoms with E-state index < -0.39 is 24.9 Å². The summed E-state index contributed by atoms with van der Waals surface area (Å²) in [4.78, 5) is 32.6. The number of amides is 2. The van der Waals surface area contributed by atoms with Gasteiger partial charge >= 0.3 is 0 Å². The number of hydrogen-bond donors (Lipinski definition) is 1. The fourth-order valence-electron chi connectivity index (χ4n) is 3.59. The van der Waals surface area contributed by atoms with Crippen LogP contribution in [0.2, 0.25) is 5.02 Å². The first-order valence-corrected chi connectivity index (χ1v) is 11.1. The molecule has 9 heteroatoms. The molecule has 174 valence electrons. The zero-order valence-electron chi connectivity index (χ0n) is 18.5. The maximum Gasteiger partial charge on any atom is 0.255 e. The summed E-state index contributed by atoms with van der Waals surface area (Å²) in [5, 5.41) is 0.313. The van der Waals surface area contributed by atoms with Crippen LogP contribution in [0, 0.1) is 0 Å². The summed E-state index contributed by atoms with van der Waals surface area (Å²) in [6.07, 6.45) is 0.0347. The summed E-state index contributed by atoms with van der Waals surface area (Å²) < 4.78 is 25.6. The number of rotatable bonds is 6. The number of hydrogen-bond acceptors (Lipinski definition) is 4. The second kappa shape index (κ2) is 11.8. The average Bonchev–Trinajstić information content (AvgIpc) is 2.79. The van der Waals surface area contributed by atoms with Gasteiger partial charge in [-0.05, 0) is 30.2 Å². The van der Waals surface area contributed by atoms with Crippen LogP contribution in [0.25, 0.3) is 11.1 Å². The third-order valence-electron chi connectivity index (χ3n) is 5.08. The summed E-state index contributed by atoms with van der Waals surface area (Å²) >= 11 is 6.05. The van der Waals surface area contributed by atoms with Gasteiger partial charge in [0.25, 0.3) is 12.3 Å². The molecular weight excluding hydrogens is 438 g/mol. The van der Waals surface area contributed by atoms with Crippen LogP contribution < -0.4 is 5.73 Å². The van der Waals surface area contributed by atoms with Crippen molar-refractivity contribution in [2.45, 2.75) is 46.1 Å². The largest absolute Gasteiger partial charge is 0.382 e. The van der Waals surface area contributed by atoms with Gasteiger partial charge in [0.15, 0.2) is 0 Å². The van der Waals surface area contributed by atoms with Crippen LogP contribution in [0.1, 0.15) is 44.0 Å². The maximum absolute atomic E-state index is 13.2. The number of nitrogens with zero attached hydrogens (tertiary/aromatic N) is 3. The predicted octanol–water partition coefficient (Wildman–Crippen LogP) is 4.73. The topological polar surface area (TPSA) is 79.5 Å². The van der Waals surface area contributed by atoms with Crippen molar-refractivity contribution in [2.24, 2.45) is 0 Å². The number of nitrogen functional groups attached to an aromatic ring is 1. The fourth-order valence-corrected chi connectivity index (χ4v) is 3.75. The van der Waals surface area contributed by atoms with Gasteiger partial charge in [0.05, 0.1) is 11.6 Å². The monoisotopic (exact) mass is 466 g/mol. The molecule has 6 nitrogen and oxygen atoms in total. The Labute approximate surface area is 192 Å². The zero-order valence-corrected chi connectivity index (χ0v) is 19.3. The van der Waals surface area contributed by atoms with Crippen molar-refractivity contribution in [3.8, 4) is 11.1 Å². The molecule has 0 spiro atoms. The first kappa shape index (κ1) is 25.5. The molecule has 1 aromatic carbocycles. The van der Waals surface area contributed by atoms with E-state index in [0.29, 0.717) is 29.0 Å². The van der Waals surface area contributed by atoms with Crippen molar-refractivity contribution in [1.82, 2.24) is 14.8 Å². The summed E-state index contributed by atoms with van der Waals surface area (Å²) in [7, 11) is 0. The van der Waals surface area contributed by atoms with Gasteiger partial charge in [0, 0.05) is 30.4 Å². The Kier molecular flexibility index (Phi) is 9.38. The molecule has 1 aliphatic heterocycles. The van der Waals surface area contributed by atoms with Crippen LogP contribution >= 0.6 is 11.6 Å². The summed E-state index contributed by atoms with van der Waals surface area (Å²) in [5.74, 6) is -0.521. The molecule has 32 heavy (non-hydrogen) atoms. The number of piperazine rings is 1. The number of alkyl halides is 2. The summed E-state index contributed by atoms with van der Waals surface area (Å²) in [6, 6.07) is 7.83. The Morgan fingerprint density at radius 3 is 2.59 bits per heavy atom. The Morgan fingerprint density at radius 1 is 1.25 bits per heavy atom. The van der Waals surface area contributed by atoms with E-state index in [-0.39, 0.29) is 24.8 Å². The van der Waals surface area contributed by atoms with E-state index in [1.807, 2.05) is 26.8 Å². The smallest absolute Gasteiger partial charge is 0.255 e. The Bertz CT molecular complexity index is 942. The molecular formula is C23H29ClF2N4O2. The van der Waals surface area contributed by atoms with Crippen molar-refractivity contribution < 1.29 is 18.4 Å². The number of anilines is 1. The van der Waals surface area contributed by atoms with E-state index in [1.54, 1.807) is 30.5 Å². The van der Waals surface area contributed by atoms with Crippen molar-refractivity contribution in [2.75, 3.05) is 25.4 Å². The van der Waals surface area contributed by atoms with Gasteiger partial charge < -0.3 is 15.5 Å². The van der Waals surface area contributed by atoms with Gasteiger partial charge in [0.2, 0.25) is 5.91 Å². The maximum atomic E-state index is 13.2. The standard InChI is InChI=1S/C21H23ClF2N4O2.C2H6/c1-2-4-17-21(30)27(12-18(23)24)7-8-28(17)20(29)14-6-3-5-13(9-14)15-10-16(22)19(25)26-11-15;1-2/h3,5-6,9-11,17-18H,2,4,7-8,12H2,1H3,(H2,25,26);1-2H3. The van der Waals surface area contributed by atoms with Crippen LogP contribution in [0.5, 0.6) is 0 Å². The lowest BCUT2D eigenvalue weighted by atomic mass is 10.0. The van der Waals surface area contributed by atoms with E-state index in [9.17, 15) is 18.4 Å². The number of nitrogens with two attached hydrogens (primary N) is 1. The minimum atomic E-state index is -2.60. The average molecular weight is 467 g/mol. The Hall–Kier alpha value is -2.74. The normalized spacial score (nSPS) is 16.1. The van der Waals surface area contributed by atoms with E-state index in [4.69, 9.17) is 17.3 Å². The van der Waals surface area contributed by atoms with Crippen LogP contribution in [-0.2, 0) is 4.79 Å². The summed E-state index contributed by atoms with van der Waals surface area (Å²) in [6.45, 7) is 5.58. The van der Waals surface area contributed by atoms with Gasteiger partial charge in [-0.2, -0.15) is 0 Å². The third-order valence-corrected chi connectivity index (χ3v) is 5.38. The quantitative estimate of drug-likeness (QED) is 0.667. The van der Waals surface area contributed by atoms with Gasteiger partial charge in [-0.3, -0.25) is 9.59 Å².